The highest BCUT2D eigenvalue weighted by atomic mass is 15.0. The van der Waals surface area contributed by atoms with Crippen LogP contribution in [0.2, 0.25) is 0 Å². The summed E-state index contributed by atoms with van der Waals surface area (Å²) in [6.45, 7) is 6.98. The molecule has 0 aromatic carbocycles. The second-order valence-corrected chi connectivity index (χ2v) is 5.09. The topological polar surface area (TPSA) is 24.1 Å². The van der Waals surface area contributed by atoms with Crippen LogP contribution in [0.15, 0.2) is 0 Å². The van der Waals surface area contributed by atoms with Crippen LogP contribution in [0.3, 0.4) is 0 Å². The first-order valence-corrected chi connectivity index (χ1v) is 6.28. The van der Waals surface area contributed by atoms with Gasteiger partial charge < -0.3 is 10.6 Å². The molecule has 0 bridgehead atoms. The van der Waals surface area contributed by atoms with E-state index in [1.807, 2.05) is 0 Å². The maximum Gasteiger partial charge on any atom is 0.0224 e. The van der Waals surface area contributed by atoms with Gasteiger partial charge >= 0.3 is 0 Å². The van der Waals surface area contributed by atoms with Crippen LogP contribution < -0.4 is 10.6 Å². The van der Waals surface area contributed by atoms with Gasteiger partial charge in [0.1, 0.15) is 0 Å². The van der Waals surface area contributed by atoms with E-state index in [9.17, 15) is 0 Å². The van der Waals surface area contributed by atoms with Crippen molar-refractivity contribution in [2.75, 3.05) is 13.1 Å². The second kappa shape index (κ2) is 4.63. The number of nitrogens with one attached hydrogen (secondary N) is 2. The lowest BCUT2D eigenvalue weighted by Gasteiger charge is -2.21. The predicted molar refractivity (Wildman–Crippen MR) is 60.4 cm³/mol. The van der Waals surface area contributed by atoms with E-state index in [1.165, 1.54) is 38.8 Å². The summed E-state index contributed by atoms with van der Waals surface area (Å²) in [5, 5.41) is 7.30. The van der Waals surface area contributed by atoms with Crippen molar-refractivity contribution < 1.29 is 0 Å². The Kier molecular flexibility index (Phi) is 3.45. The van der Waals surface area contributed by atoms with Crippen LogP contribution in [0.1, 0.15) is 39.5 Å². The molecule has 2 N–H and O–H groups in total. The van der Waals surface area contributed by atoms with Crippen molar-refractivity contribution in [3.05, 3.63) is 0 Å². The SMILES string of the molecule is CCC(C)NCC1NCC2CCCC21. The summed E-state index contributed by atoms with van der Waals surface area (Å²) < 4.78 is 0. The number of fused-ring (bicyclic) bond motifs is 1. The van der Waals surface area contributed by atoms with Crippen LogP contribution in [0.25, 0.3) is 0 Å². The van der Waals surface area contributed by atoms with Crippen LogP contribution in [0.5, 0.6) is 0 Å². The van der Waals surface area contributed by atoms with E-state index in [0.29, 0.717) is 6.04 Å². The van der Waals surface area contributed by atoms with Crippen LogP contribution in [0.4, 0.5) is 0 Å². The van der Waals surface area contributed by atoms with E-state index in [-0.39, 0.29) is 0 Å². The molecule has 0 aromatic rings. The summed E-state index contributed by atoms with van der Waals surface area (Å²) >= 11 is 0. The molecule has 4 atom stereocenters. The molecule has 1 aliphatic carbocycles. The molecular formula is C12H24N2. The minimum absolute atomic E-state index is 0.678. The van der Waals surface area contributed by atoms with E-state index >= 15 is 0 Å². The maximum absolute atomic E-state index is 3.68. The molecule has 82 valence electrons. The summed E-state index contributed by atoms with van der Waals surface area (Å²) in [6, 6.07) is 1.44. The van der Waals surface area contributed by atoms with Crippen LogP contribution in [0, 0.1) is 11.8 Å². The molecule has 0 aromatic heterocycles. The zero-order valence-corrected chi connectivity index (χ0v) is 9.55. The minimum Gasteiger partial charge on any atom is -0.313 e. The molecule has 0 amide bonds. The minimum atomic E-state index is 0.678. The Bertz CT molecular complexity index is 181. The third-order valence-electron chi connectivity index (χ3n) is 4.18. The predicted octanol–water partition coefficient (Wildman–Crippen LogP) is 1.76. The van der Waals surface area contributed by atoms with Gasteiger partial charge in [-0.15, -0.1) is 0 Å². The molecule has 2 heteroatoms. The molecule has 1 saturated carbocycles. The number of hydrogen-bond donors (Lipinski definition) is 2. The molecule has 4 unspecified atom stereocenters. The molecule has 14 heavy (non-hydrogen) atoms. The van der Waals surface area contributed by atoms with Gasteiger partial charge in [-0.05, 0) is 44.6 Å². The molecule has 1 saturated heterocycles. The lowest BCUT2D eigenvalue weighted by atomic mass is 9.94. The monoisotopic (exact) mass is 196 g/mol. The highest BCUT2D eigenvalue weighted by Gasteiger charge is 2.38. The Morgan fingerprint density at radius 2 is 2.29 bits per heavy atom. The molecule has 2 aliphatic rings. The summed E-state index contributed by atoms with van der Waals surface area (Å²) in [4.78, 5) is 0. The average Bonchev–Trinajstić information content (AvgIpc) is 2.76. The van der Waals surface area contributed by atoms with E-state index in [4.69, 9.17) is 0 Å². The first-order valence-electron chi connectivity index (χ1n) is 6.28. The normalized spacial score (nSPS) is 38.6. The summed E-state index contributed by atoms with van der Waals surface area (Å²) in [6.07, 6.45) is 5.64. The molecule has 2 nitrogen and oxygen atoms in total. The Labute approximate surface area is 87.8 Å². The van der Waals surface area contributed by atoms with E-state index in [1.54, 1.807) is 0 Å². The summed E-state index contributed by atoms with van der Waals surface area (Å²) in [5.41, 5.74) is 0. The van der Waals surface area contributed by atoms with E-state index in [2.05, 4.69) is 24.5 Å². The quantitative estimate of drug-likeness (QED) is 0.716. The smallest absolute Gasteiger partial charge is 0.0224 e. The highest BCUT2D eigenvalue weighted by molar-refractivity contribution is 4.95. The van der Waals surface area contributed by atoms with Gasteiger partial charge in [0.05, 0.1) is 0 Å². The fourth-order valence-electron chi connectivity index (χ4n) is 3.00. The molecule has 1 heterocycles. The molecule has 0 spiro atoms. The Hall–Kier alpha value is -0.0800. The number of hydrogen-bond acceptors (Lipinski definition) is 2. The maximum atomic E-state index is 3.68. The molecular weight excluding hydrogens is 172 g/mol. The van der Waals surface area contributed by atoms with Gasteiger partial charge in [0.2, 0.25) is 0 Å². The third-order valence-corrected chi connectivity index (χ3v) is 4.18. The number of rotatable bonds is 4. The highest BCUT2D eigenvalue weighted by Crippen LogP contribution is 2.37. The van der Waals surface area contributed by atoms with Crippen molar-refractivity contribution >= 4 is 0 Å². The Morgan fingerprint density at radius 3 is 3.07 bits per heavy atom. The fraction of sp³-hybridized carbons (Fsp3) is 1.00. The van der Waals surface area contributed by atoms with Crippen molar-refractivity contribution in [2.24, 2.45) is 11.8 Å². The molecule has 2 fully saturated rings. The van der Waals surface area contributed by atoms with Gasteiger partial charge in [-0.1, -0.05) is 13.3 Å². The first-order chi connectivity index (χ1) is 6.81. The standard InChI is InChI=1S/C12H24N2/c1-3-9(2)13-8-12-11-6-4-5-10(11)7-14-12/h9-14H,3-8H2,1-2H3. The van der Waals surface area contributed by atoms with Crippen molar-refractivity contribution in [3.63, 3.8) is 0 Å². The zero-order chi connectivity index (χ0) is 9.97. The fourth-order valence-corrected chi connectivity index (χ4v) is 3.00. The molecule has 0 radical (unpaired) electrons. The lowest BCUT2D eigenvalue weighted by molar-refractivity contribution is 0.376. The third kappa shape index (κ3) is 2.12. The first kappa shape index (κ1) is 10.4. The Morgan fingerprint density at radius 1 is 1.43 bits per heavy atom. The average molecular weight is 196 g/mol. The largest absolute Gasteiger partial charge is 0.313 e. The van der Waals surface area contributed by atoms with Gasteiger partial charge in [0, 0.05) is 18.6 Å². The molecule has 2 rings (SSSR count). The van der Waals surface area contributed by atoms with Gasteiger partial charge in [-0.2, -0.15) is 0 Å². The van der Waals surface area contributed by atoms with Gasteiger partial charge in [0.25, 0.3) is 0 Å². The van der Waals surface area contributed by atoms with Crippen LogP contribution >= 0.6 is 0 Å². The summed E-state index contributed by atoms with van der Waals surface area (Å²) in [5.74, 6) is 1.98. The van der Waals surface area contributed by atoms with E-state index < -0.39 is 0 Å². The zero-order valence-electron chi connectivity index (χ0n) is 9.55. The van der Waals surface area contributed by atoms with Gasteiger partial charge in [-0.25, -0.2) is 0 Å². The van der Waals surface area contributed by atoms with Gasteiger partial charge in [0.15, 0.2) is 0 Å². The van der Waals surface area contributed by atoms with Crippen LogP contribution in [-0.2, 0) is 0 Å². The summed E-state index contributed by atoms with van der Waals surface area (Å²) in [7, 11) is 0. The Balaban J connectivity index is 1.76. The van der Waals surface area contributed by atoms with Crippen molar-refractivity contribution in [1.82, 2.24) is 10.6 Å². The van der Waals surface area contributed by atoms with Crippen LogP contribution in [-0.4, -0.2) is 25.2 Å². The van der Waals surface area contributed by atoms with E-state index in [0.717, 1.165) is 17.9 Å². The van der Waals surface area contributed by atoms with Gasteiger partial charge in [-0.3, -0.25) is 0 Å². The van der Waals surface area contributed by atoms with Crippen molar-refractivity contribution in [2.45, 2.75) is 51.6 Å². The lowest BCUT2D eigenvalue weighted by Crippen LogP contribution is -2.41. The molecule has 1 aliphatic heterocycles. The van der Waals surface area contributed by atoms with Crippen molar-refractivity contribution in [3.8, 4) is 0 Å². The van der Waals surface area contributed by atoms with Crippen molar-refractivity contribution in [1.29, 1.82) is 0 Å². The second-order valence-electron chi connectivity index (χ2n) is 5.09.